The molecule has 2 rings (SSSR count). The Balaban J connectivity index is 2.02. The summed E-state index contributed by atoms with van der Waals surface area (Å²) >= 11 is 0. The summed E-state index contributed by atoms with van der Waals surface area (Å²) in [5.41, 5.74) is -0.0203. The summed E-state index contributed by atoms with van der Waals surface area (Å²) in [6.45, 7) is 2.05. The zero-order valence-electron chi connectivity index (χ0n) is 6.97. The van der Waals surface area contributed by atoms with Crippen molar-refractivity contribution in [1.82, 2.24) is 5.32 Å². The van der Waals surface area contributed by atoms with Gasteiger partial charge in [0.25, 0.3) is 0 Å². The molecule has 0 bridgehead atoms. The molecule has 0 aromatic rings. The van der Waals surface area contributed by atoms with Crippen molar-refractivity contribution in [3.8, 4) is 0 Å². The Morgan fingerprint density at radius 1 is 1.17 bits per heavy atom. The van der Waals surface area contributed by atoms with E-state index >= 15 is 0 Å². The number of alkyl carbamates (subject to hydrolysis) is 1. The third-order valence-electron chi connectivity index (χ3n) is 2.63. The molecule has 0 unspecified atom stereocenters. The van der Waals surface area contributed by atoms with Gasteiger partial charge in [-0.1, -0.05) is 0 Å². The Labute approximate surface area is 71.2 Å². The van der Waals surface area contributed by atoms with E-state index in [4.69, 9.17) is 9.47 Å². The van der Waals surface area contributed by atoms with E-state index in [0.29, 0.717) is 6.61 Å². The average Bonchev–Trinajstić information content (AvgIpc) is 2.05. The Hall–Kier alpha value is -0.770. The number of carbonyl (C=O) groups excluding carboxylic acids is 1. The van der Waals surface area contributed by atoms with Gasteiger partial charge in [-0.05, 0) is 12.8 Å². The lowest BCUT2D eigenvalue weighted by Crippen LogP contribution is -2.55. The van der Waals surface area contributed by atoms with Crippen LogP contribution in [0.1, 0.15) is 19.3 Å². The van der Waals surface area contributed by atoms with Gasteiger partial charge in [-0.15, -0.1) is 0 Å². The minimum absolute atomic E-state index is 0.0203. The van der Waals surface area contributed by atoms with Gasteiger partial charge >= 0.3 is 6.09 Å². The summed E-state index contributed by atoms with van der Waals surface area (Å²) in [5.74, 6) is 0. The number of cyclic esters (lactones) is 1. The predicted octanol–water partition coefficient (Wildman–Crippen LogP) is 0.665. The highest BCUT2D eigenvalue weighted by Crippen LogP contribution is 2.26. The maximum atomic E-state index is 11.0. The van der Waals surface area contributed by atoms with Gasteiger partial charge in [-0.25, -0.2) is 4.79 Å². The van der Waals surface area contributed by atoms with Crippen LogP contribution < -0.4 is 5.32 Å². The van der Waals surface area contributed by atoms with E-state index < -0.39 is 0 Å². The van der Waals surface area contributed by atoms with Crippen LogP contribution in [0.5, 0.6) is 0 Å². The predicted molar refractivity (Wildman–Crippen MR) is 41.9 cm³/mol. The molecule has 4 nitrogen and oxygen atoms in total. The number of hydrogen-bond donors (Lipinski definition) is 1. The number of ether oxygens (including phenoxy) is 2. The van der Waals surface area contributed by atoms with Crippen LogP contribution in [-0.4, -0.2) is 31.5 Å². The highest BCUT2D eigenvalue weighted by atomic mass is 16.6. The van der Waals surface area contributed by atoms with Gasteiger partial charge in [0.15, 0.2) is 0 Å². The highest BCUT2D eigenvalue weighted by molar-refractivity contribution is 5.69. The van der Waals surface area contributed by atoms with Crippen molar-refractivity contribution in [1.29, 1.82) is 0 Å². The van der Waals surface area contributed by atoms with Crippen molar-refractivity contribution in [2.24, 2.45) is 0 Å². The van der Waals surface area contributed by atoms with Gasteiger partial charge < -0.3 is 14.8 Å². The minimum atomic E-state index is -0.275. The summed E-state index contributed by atoms with van der Waals surface area (Å²) in [7, 11) is 0. The fraction of sp³-hybridized carbons (Fsp3) is 0.875. The van der Waals surface area contributed by atoms with Gasteiger partial charge in [0.05, 0.1) is 12.1 Å². The van der Waals surface area contributed by atoms with Crippen LogP contribution in [0.4, 0.5) is 4.79 Å². The fourth-order valence-electron chi connectivity index (χ4n) is 1.79. The zero-order valence-corrected chi connectivity index (χ0v) is 6.97. The van der Waals surface area contributed by atoms with E-state index in [1.807, 2.05) is 0 Å². The normalized spacial score (nSPS) is 27.8. The maximum absolute atomic E-state index is 11.0. The molecule has 2 aliphatic rings. The third-order valence-corrected chi connectivity index (χ3v) is 2.63. The molecule has 2 saturated heterocycles. The van der Waals surface area contributed by atoms with Gasteiger partial charge in [0, 0.05) is 19.6 Å². The summed E-state index contributed by atoms with van der Waals surface area (Å²) in [4.78, 5) is 11.0. The first kappa shape index (κ1) is 7.86. The van der Waals surface area contributed by atoms with Crippen molar-refractivity contribution in [3.05, 3.63) is 0 Å². The molecule has 0 saturated carbocycles. The van der Waals surface area contributed by atoms with Crippen molar-refractivity contribution < 1.29 is 14.3 Å². The Bertz CT molecular complexity index is 181. The van der Waals surface area contributed by atoms with Crippen LogP contribution in [0.25, 0.3) is 0 Å². The lowest BCUT2D eigenvalue weighted by molar-refractivity contribution is 0.00657. The standard InChI is InChI=1S/C8H13NO3/c10-7-9-8(3-6-12-7)1-4-11-5-2-8/h1-6H2,(H,9,10). The van der Waals surface area contributed by atoms with E-state index in [9.17, 15) is 4.79 Å². The summed E-state index contributed by atoms with van der Waals surface area (Å²) in [5, 5.41) is 2.89. The number of hydrogen-bond acceptors (Lipinski definition) is 3. The van der Waals surface area contributed by atoms with E-state index in [0.717, 1.165) is 32.5 Å². The molecule has 12 heavy (non-hydrogen) atoms. The third kappa shape index (κ3) is 1.39. The Morgan fingerprint density at radius 2 is 1.83 bits per heavy atom. The second-order valence-corrected chi connectivity index (χ2v) is 3.40. The zero-order chi connectivity index (χ0) is 8.44. The van der Waals surface area contributed by atoms with Crippen LogP contribution >= 0.6 is 0 Å². The molecule has 2 fully saturated rings. The number of carbonyl (C=O) groups is 1. The fourth-order valence-corrected chi connectivity index (χ4v) is 1.79. The van der Waals surface area contributed by atoms with Crippen molar-refractivity contribution in [3.63, 3.8) is 0 Å². The highest BCUT2D eigenvalue weighted by Gasteiger charge is 2.37. The molecule has 2 aliphatic heterocycles. The second-order valence-electron chi connectivity index (χ2n) is 3.40. The molecular formula is C8H13NO3. The molecule has 2 heterocycles. The topological polar surface area (TPSA) is 47.6 Å². The SMILES string of the molecule is O=C1NC2(CCOCC2)CCO1. The van der Waals surface area contributed by atoms with Gasteiger partial charge in [-0.3, -0.25) is 0 Å². The lowest BCUT2D eigenvalue weighted by atomic mass is 9.86. The summed E-state index contributed by atoms with van der Waals surface area (Å²) < 4.78 is 10.1. The van der Waals surface area contributed by atoms with Crippen molar-refractivity contribution >= 4 is 6.09 Å². The molecule has 0 aliphatic carbocycles. The molecule has 0 radical (unpaired) electrons. The molecule has 1 N–H and O–H groups in total. The van der Waals surface area contributed by atoms with Gasteiger partial charge in [0.2, 0.25) is 0 Å². The molecule has 1 amide bonds. The summed E-state index contributed by atoms with van der Waals surface area (Å²) in [6, 6.07) is 0. The van der Waals surface area contributed by atoms with Crippen LogP contribution in [0.15, 0.2) is 0 Å². The van der Waals surface area contributed by atoms with Crippen molar-refractivity contribution in [2.75, 3.05) is 19.8 Å². The molecule has 1 spiro atoms. The summed E-state index contributed by atoms with van der Waals surface area (Å²) in [6.07, 6.45) is 2.48. The van der Waals surface area contributed by atoms with Crippen LogP contribution in [0.3, 0.4) is 0 Å². The monoisotopic (exact) mass is 171 g/mol. The van der Waals surface area contributed by atoms with Crippen LogP contribution in [0.2, 0.25) is 0 Å². The molecule has 68 valence electrons. The molecule has 0 aromatic carbocycles. The molecule has 0 aromatic heterocycles. The number of nitrogens with one attached hydrogen (secondary N) is 1. The maximum Gasteiger partial charge on any atom is 0.407 e. The average molecular weight is 171 g/mol. The van der Waals surface area contributed by atoms with Crippen molar-refractivity contribution in [2.45, 2.75) is 24.8 Å². The van der Waals surface area contributed by atoms with E-state index in [-0.39, 0.29) is 11.6 Å². The van der Waals surface area contributed by atoms with Crippen LogP contribution in [0, 0.1) is 0 Å². The van der Waals surface area contributed by atoms with E-state index in [1.165, 1.54) is 0 Å². The quantitative estimate of drug-likeness (QED) is 0.582. The number of rotatable bonds is 0. The minimum Gasteiger partial charge on any atom is -0.449 e. The first-order valence-electron chi connectivity index (χ1n) is 4.33. The first-order valence-corrected chi connectivity index (χ1v) is 4.33. The Kier molecular flexibility index (Phi) is 1.92. The molecule has 0 atom stereocenters. The molecule has 4 heteroatoms. The largest absolute Gasteiger partial charge is 0.449 e. The first-order chi connectivity index (χ1) is 5.81. The van der Waals surface area contributed by atoms with E-state index in [2.05, 4.69) is 5.32 Å². The lowest BCUT2D eigenvalue weighted by Gasteiger charge is -2.40. The molecular weight excluding hydrogens is 158 g/mol. The van der Waals surface area contributed by atoms with Gasteiger partial charge in [0.1, 0.15) is 0 Å². The van der Waals surface area contributed by atoms with E-state index in [1.54, 1.807) is 0 Å². The smallest absolute Gasteiger partial charge is 0.407 e. The second kappa shape index (κ2) is 2.94. The Morgan fingerprint density at radius 3 is 2.50 bits per heavy atom. The van der Waals surface area contributed by atoms with Gasteiger partial charge in [-0.2, -0.15) is 0 Å². The van der Waals surface area contributed by atoms with Crippen LogP contribution in [-0.2, 0) is 9.47 Å². The number of amides is 1.